The molecular formula is C19H19Cl2F2NO3. The molecule has 2 rings (SSSR count). The van der Waals surface area contributed by atoms with Crippen molar-refractivity contribution in [2.24, 2.45) is 0 Å². The van der Waals surface area contributed by atoms with E-state index >= 15 is 0 Å². The van der Waals surface area contributed by atoms with E-state index in [2.05, 4.69) is 17.0 Å². The first-order valence-electron chi connectivity index (χ1n) is 8.39. The third-order valence-corrected chi connectivity index (χ3v) is 4.17. The standard InChI is InChI=1S/C19H19Cl2F2NO3/c1-2-3-6-9-26-17-13(20)10-12(11-14(17)21)18(25)24-15-7-4-5-8-16(15)27-19(22)23/h4-5,7-8,10-11,19H,2-3,6,9H2,1H3,(H,24,25). The van der Waals surface area contributed by atoms with E-state index in [0.29, 0.717) is 12.4 Å². The monoisotopic (exact) mass is 417 g/mol. The summed E-state index contributed by atoms with van der Waals surface area (Å²) in [5.74, 6) is -0.400. The Morgan fingerprint density at radius 2 is 1.81 bits per heavy atom. The number of halogens is 4. The average Bonchev–Trinajstić information content (AvgIpc) is 2.61. The van der Waals surface area contributed by atoms with Crippen LogP contribution in [0, 0.1) is 0 Å². The number of para-hydroxylation sites is 2. The van der Waals surface area contributed by atoms with Gasteiger partial charge in [-0.05, 0) is 30.7 Å². The summed E-state index contributed by atoms with van der Waals surface area (Å²) in [7, 11) is 0. The fraction of sp³-hybridized carbons (Fsp3) is 0.316. The predicted octanol–water partition coefficient (Wildman–Crippen LogP) is 6.42. The van der Waals surface area contributed by atoms with Gasteiger partial charge in [0, 0.05) is 5.56 Å². The Bertz CT molecular complexity index is 764. The molecule has 0 spiro atoms. The molecule has 0 heterocycles. The molecule has 0 aromatic heterocycles. The van der Waals surface area contributed by atoms with Gasteiger partial charge in [-0.2, -0.15) is 8.78 Å². The Morgan fingerprint density at radius 3 is 2.44 bits per heavy atom. The summed E-state index contributed by atoms with van der Waals surface area (Å²) in [6, 6.07) is 8.70. The van der Waals surface area contributed by atoms with Gasteiger partial charge < -0.3 is 14.8 Å². The second-order valence-electron chi connectivity index (χ2n) is 5.65. The van der Waals surface area contributed by atoms with Crippen molar-refractivity contribution in [3.8, 4) is 11.5 Å². The fourth-order valence-electron chi connectivity index (χ4n) is 2.32. The van der Waals surface area contributed by atoms with Gasteiger partial charge in [0.1, 0.15) is 5.75 Å². The second-order valence-corrected chi connectivity index (χ2v) is 6.47. The highest BCUT2D eigenvalue weighted by atomic mass is 35.5. The van der Waals surface area contributed by atoms with E-state index in [1.54, 1.807) is 6.07 Å². The summed E-state index contributed by atoms with van der Waals surface area (Å²) < 4.78 is 34.9. The summed E-state index contributed by atoms with van der Waals surface area (Å²) in [6.07, 6.45) is 2.95. The van der Waals surface area contributed by atoms with Gasteiger partial charge >= 0.3 is 6.61 Å². The van der Waals surface area contributed by atoms with Crippen molar-refractivity contribution in [1.29, 1.82) is 0 Å². The van der Waals surface area contributed by atoms with Crippen molar-refractivity contribution in [2.75, 3.05) is 11.9 Å². The number of nitrogens with one attached hydrogen (secondary N) is 1. The molecule has 0 saturated carbocycles. The maximum Gasteiger partial charge on any atom is 0.387 e. The quantitative estimate of drug-likeness (QED) is 0.479. The Morgan fingerprint density at radius 1 is 1.15 bits per heavy atom. The second kappa shape index (κ2) is 10.3. The molecule has 2 aromatic rings. The molecule has 4 nitrogen and oxygen atoms in total. The molecule has 0 atom stereocenters. The van der Waals surface area contributed by atoms with E-state index in [4.69, 9.17) is 27.9 Å². The van der Waals surface area contributed by atoms with Gasteiger partial charge in [-0.1, -0.05) is 55.1 Å². The van der Waals surface area contributed by atoms with Crippen LogP contribution < -0.4 is 14.8 Å². The number of hydrogen-bond donors (Lipinski definition) is 1. The zero-order valence-electron chi connectivity index (χ0n) is 14.6. The first-order valence-corrected chi connectivity index (χ1v) is 9.15. The molecule has 0 unspecified atom stereocenters. The average molecular weight is 418 g/mol. The number of anilines is 1. The van der Waals surface area contributed by atoms with E-state index in [0.717, 1.165) is 19.3 Å². The summed E-state index contributed by atoms with van der Waals surface area (Å²) >= 11 is 12.4. The van der Waals surface area contributed by atoms with Crippen LogP contribution in [0.1, 0.15) is 36.5 Å². The number of ether oxygens (including phenoxy) is 2. The molecule has 27 heavy (non-hydrogen) atoms. The van der Waals surface area contributed by atoms with Crippen LogP contribution in [0.3, 0.4) is 0 Å². The third kappa shape index (κ3) is 6.26. The molecular weight excluding hydrogens is 399 g/mol. The molecule has 0 aliphatic carbocycles. The van der Waals surface area contributed by atoms with Crippen molar-refractivity contribution in [2.45, 2.75) is 32.8 Å². The van der Waals surface area contributed by atoms with Crippen molar-refractivity contribution in [3.63, 3.8) is 0 Å². The number of carbonyl (C=O) groups excluding carboxylic acids is 1. The molecule has 1 N–H and O–H groups in total. The maximum absolute atomic E-state index is 12.5. The minimum atomic E-state index is -3.00. The predicted molar refractivity (Wildman–Crippen MR) is 103 cm³/mol. The third-order valence-electron chi connectivity index (χ3n) is 3.61. The highest BCUT2D eigenvalue weighted by Crippen LogP contribution is 2.35. The Labute approximate surface area is 166 Å². The van der Waals surface area contributed by atoms with E-state index in [1.807, 2.05) is 0 Å². The smallest absolute Gasteiger partial charge is 0.387 e. The first kappa shape index (κ1) is 21.3. The minimum Gasteiger partial charge on any atom is -0.490 e. The molecule has 1 amide bonds. The highest BCUT2D eigenvalue weighted by Gasteiger charge is 2.16. The fourth-order valence-corrected chi connectivity index (χ4v) is 2.91. The summed E-state index contributed by atoms with van der Waals surface area (Å²) in [5, 5.41) is 2.90. The van der Waals surface area contributed by atoms with Gasteiger partial charge in [-0.25, -0.2) is 0 Å². The molecule has 2 aromatic carbocycles. The molecule has 0 aliphatic heterocycles. The van der Waals surface area contributed by atoms with Gasteiger partial charge in [-0.3, -0.25) is 4.79 Å². The molecule has 0 radical (unpaired) electrons. The lowest BCUT2D eigenvalue weighted by Gasteiger charge is -2.13. The summed E-state index contributed by atoms with van der Waals surface area (Å²) in [4.78, 5) is 12.5. The lowest BCUT2D eigenvalue weighted by Crippen LogP contribution is -2.14. The number of alkyl halides is 2. The highest BCUT2D eigenvalue weighted by molar-refractivity contribution is 6.37. The van der Waals surface area contributed by atoms with Gasteiger partial charge in [0.2, 0.25) is 0 Å². The Hall–Kier alpha value is -2.05. The summed E-state index contributed by atoms with van der Waals surface area (Å²) in [5.41, 5.74) is 0.271. The van der Waals surface area contributed by atoms with Crippen LogP contribution in [0.4, 0.5) is 14.5 Å². The van der Waals surface area contributed by atoms with E-state index < -0.39 is 12.5 Å². The van der Waals surface area contributed by atoms with E-state index in [1.165, 1.54) is 30.3 Å². The van der Waals surface area contributed by atoms with Gasteiger partial charge in [-0.15, -0.1) is 0 Å². The van der Waals surface area contributed by atoms with Crippen LogP contribution in [0.15, 0.2) is 36.4 Å². The zero-order chi connectivity index (χ0) is 19.8. The summed E-state index contributed by atoms with van der Waals surface area (Å²) in [6.45, 7) is -0.453. The molecule has 0 bridgehead atoms. The van der Waals surface area contributed by atoms with Gasteiger partial charge in [0.15, 0.2) is 5.75 Å². The van der Waals surface area contributed by atoms with Crippen LogP contribution >= 0.6 is 23.2 Å². The first-order chi connectivity index (χ1) is 12.9. The maximum atomic E-state index is 12.5. The zero-order valence-corrected chi connectivity index (χ0v) is 16.1. The number of rotatable bonds is 9. The van der Waals surface area contributed by atoms with Crippen LogP contribution in [0.5, 0.6) is 11.5 Å². The largest absolute Gasteiger partial charge is 0.490 e. The molecule has 8 heteroatoms. The van der Waals surface area contributed by atoms with Gasteiger partial charge in [0.25, 0.3) is 5.91 Å². The number of unbranched alkanes of at least 4 members (excludes halogenated alkanes) is 2. The molecule has 146 valence electrons. The number of amides is 1. The van der Waals surface area contributed by atoms with Crippen molar-refractivity contribution in [1.82, 2.24) is 0 Å². The Balaban J connectivity index is 2.13. The Kier molecular flexibility index (Phi) is 8.13. The van der Waals surface area contributed by atoms with Crippen LogP contribution in [0.2, 0.25) is 10.0 Å². The number of hydrogen-bond acceptors (Lipinski definition) is 3. The van der Waals surface area contributed by atoms with Gasteiger partial charge in [0.05, 0.1) is 22.3 Å². The van der Waals surface area contributed by atoms with Crippen LogP contribution in [-0.2, 0) is 0 Å². The van der Waals surface area contributed by atoms with Crippen LogP contribution in [-0.4, -0.2) is 19.1 Å². The van der Waals surface area contributed by atoms with E-state index in [9.17, 15) is 13.6 Å². The van der Waals surface area contributed by atoms with Crippen molar-refractivity contribution in [3.05, 3.63) is 52.0 Å². The molecule has 0 fully saturated rings. The van der Waals surface area contributed by atoms with E-state index in [-0.39, 0.29) is 27.0 Å². The number of carbonyl (C=O) groups is 1. The topological polar surface area (TPSA) is 47.6 Å². The van der Waals surface area contributed by atoms with Crippen LogP contribution in [0.25, 0.3) is 0 Å². The normalized spacial score (nSPS) is 10.7. The lowest BCUT2D eigenvalue weighted by atomic mass is 10.2. The molecule has 0 saturated heterocycles. The number of benzene rings is 2. The minimum absolute atomic E-state index is 0.106. The molecule has 0 aliphatic rings. The van der Waals surface area contributed by atoms with Crippen molar-refractivity contribution >= 4 is 34.8 Å². The van der Waals surface area contributed by atoms with Crippen molar-refractivity contribution < 1.29 is 23.0 Å². The SMILES string of the molecule is CCCCCOc1c(Cl)cc(C(=O)Nc2ccccc2OC(F)F)cc1Cl. The lowest BCUT2D eigenvalue weighted by molar-refractivity contribution is -0.0493.